The Balaban J connectivity index is 1.44. The van der Waals surface area contributed by atoms with Crippen LogP contribution in [0.25, 0.3) is 0 Å². The van der Waals surface area contributed by atoms with E-state index in [0.29, 0.717) is 22.6 Å². The largest absolute Gasteiger partial charge is 0.421 e. The van der Waals surface area contributed by atoms with E-state index in [2.05, 4.69) is 12.2 Å². The van der Waals surface area contributed by atoms with Crippen LogP contribution in [-0.4, -0.2) is 17.8 Å². The molecule has 1 aliphatic rings. The maximum absolute atomic E-state index is 13.0. The summed E-state index contributed by atoms with van der Waals surface area (Å²) >= 11 is 6.23. The Morgan fingerprint density at radius 2 is 1.69 bits per heavy atom. The monoisotopic (exact) mass is 503 g/mol. The van der Waals surface area contributed by atoms with E-state index < -0.39 is 17.8 Å². The number of anilines is 3. The van der Waals surface area contributed by atoms with Crippen molar-refractivity contribution in [2.75, 3.05) is 16.0 Å². The molecule has 36 heavy (non-hydrogen) atoms. The number of ether oxygens (including phenoxy) is 1. The summed E-state index contributed by atoms with van der Waals surface area (Å²) in [5.74, 6) is -1.45. The predicted octanol–water partition coefficient (Wildman–Crippen LogP) is 5.57. The highest BCUT2D eigenvalue weighted by atomic mass is 35.5. The van der Waals surface area contributed by atoms with Crippen molar-refractivity contribution in [3.63, 3.8) is 0 Å². The van der Waals surface area contributed by atoms with Crippen LogP contribution < -0.4 is 20.7 Å². The lowest BCUT2D eigenvalue weighted by atomic mass is 10.1. The Bertz CT molecular complexity index is 1350. The molecular weight excluding hydrogens is 478 g/mol. The van der Waals surface area contributed by atoms with Crippen molar-refractivity contribution in [2.24, 2.45) is 0 Å². The van der Waals surface area contributed by atoms with Gasteiger partial charge in [0, 0.05) is 5.69 Å². The van der Waals surface area contributed by atoms with Gasteiger partial charge in [0.25, 0.3) is 11.8 Å². The molecule has 2 amide bonds. The Kier molecular flexibility index (Phi) is 7.41. The number of aryl methyl sites for hydroxylation is 2. The molecule has 0 aromatic heterocycles. The normalized spacial score (nSPS) is 13.4. The first-order valence-electron chi connectivity index (χ1n) is 11.6. The lowest BCUT2D eigenvalue weighted by Crippen LogP contribution is -2.32. The zero-order valence-corrected chi connectivity index (χ0v) is 20.8. The molecule has 3 aromatic rings. The van der Waals surface area contributed by atoms with Gasteiger partial charge in [-0.25, -0.2) is 9.69 Å². The van der Waals surface area contributed by atoms with Crippen LogP contribution in [0.1, 0.15) is 41.3 Å². The number of halogens is 1. The van der Waals surface area contributed by atoms with E-state index in [-0.39, 0.29) is 16.5 Å². The van der Waals surface area contributed by atoms with E-state index >= 15 is 0 Å². The number of carbonyl (C=O) groups is 3. The second-order valence-corrected chi connectivity index (χ2v) is 8.92. The molecule has 0 atom stereocenters. The Morgan fingerprint density at radius 1 is 1.00 bits per heavy atom. The van der Waals surface area contributed by atoms with Gasteiger partial charge in [-0.3, -0.25) is 9.59 Å². The number of imide groups is 1. The van der Waals surface area contributed by atoms with Crippen molar-refractivity contribution in [3.05, 3.63) is 94.1 Å². The lowest BCUT2D eigenvalue weighted by molar-refractivity contribution is -0.120. The number of hydrogen-bond acceptors (Lipinski definition) is 6. The smallest absolute Gasteiger partial charge is 0.343 e. The molecule has 0 unspecified atom stereocenters. The van der Waals surface area contributed by atoms with E-state index in [1.165, 1.54) is 12.1 Å². The van der Waals surface area contributed by atoms with E-state index in [4.69, 9.17) is 22.1 Å². The van der Waals surface area contributed by atoms with Crippen molar-refractivity contribution in [1.82, 2.24) is 0 Å². The molecule has 1 heterocycles. The van der Waals surface area contributed by atoms with E-state index in [0.717, 1.165) is 35.3 Å². The molecule has 0 bridgehead atoms. The van der Waals surface area contributed by atoms with E-state index in [1.807, 2.05) is 19.1 Å². The average Bonchev–Trinajstić information content (AvgIpc) is 3.08. The molecular formula is C28H26ClN3O4. The first kappa shape index (κ1) is 25.0. The second kappa shape index (κ2) is 10.7. The molecule has 0 saturated heterocycles. The number of amides is 2. The molecule has 0 spiro atoms. The maximum atomic E-state index is 13.0. The first-order valence-corrected chi connectivity index (χ1v) is 12.0. The van der Waals surface area contributed by atoms with Crippen LogP contribution in [0.3, 0.4) is 0 Å². The minimum atomic E-state index is -0.596. The van der Waals surface area contributed by atoms with Gasteiger partial charge in [0.1, 0.15) is 10.7 Å². The van der Waals surface area contributed by atoms with Crippen molar-refractivity contribution >= 4 is 46.4 Å². The fourth-order valence-electron chi connectivity index (χ4n) is 3.79. The summed E-state index contributed by atoms with van der Waals surface area (Å²) in [6.07, 6.45) is 3.09. The molecule has 0 saturated carbocycles. The van der Waals surface area contributed by atoms with Crippen LogP contribution in [0.15, 0.2) is 77.5 Å². The van der Waals surface area contributed by atoms with Crippen LogP contribution in [0.2, 0.25) is 0 Å². The highest BCUT2D eigenvalue weighted by Crippen LogP contribution is 2.31. The number of nitrogens with one attached hydrogen (secondary N) is 1. The molecule has 184 valence electrons. The maximum Gasteiger partial charge on any atom is 0.343 e. The number of hydrogen-bond donors (Lipinski definition) is 2. The van der Waals surface area contributed by atoms with Crippen molar-refractivity contribution in [1.29, 1.82) is 0 Å². The number of carbonyl (C=O) groups excluding carboxylic acids is 3. The Morgan fingerprint density at radius 3 is 2.33 bits per heavy atom. The second-order valence-electron chi connectivity index (χ2n) is 8.54. The number of esters is 1. The number of benzene rings is 3. The fourth-order valence-corrected chi connectivity index (χ4v) is 4.00. The standard InChI is InChI=1S/C28H26ClN3O4/c1-3-4-5-18-7-13-21(14-8-18)32-26(33)24(29)25(27(32)34)31-20-11-9-19(10-12-20)28(35)36-23-15-6-17(2)16-22(23)30/h6-16,31H,3-5,30H2,1-2H3. The topological polar surface area (TPSA) is 102 Å². The van der Waals surface area contributed by atoms with Gasteiger partial charge < -0.3 is 15.8 Å². The van der Waals surface area contributed by atoms with Crippen LogP contribution in [0, 0.1) is 6.92 Å². The van der Waals surface area contributed by atoms with Gasteiger partial charge in [0.15, 0.2) is 5.75 Å². The number of rotatable bonds is 8. The molecule has 0 radical (unpaired) electrons. The van der Waals surface area contributed by atoms with E-state index in [1.54, 1.807) is 42.5 Å². The van der Waals surface area contributed by atoms with Crippen molar-refractivity contribution in [3.8, 4) is 5.75 Å². The van der Waals surface area contributed by atoms with Gasteiger partial charge in [-0.2, -0.15) is 0 Å². The van der Waals surface area contributed by atoms with Gasteiger partial charge in [-0.15, -0.1) is 0 Å². The summed E-state index contributed by atoms with van der Waals surface area (Å²) in [7, 11) is 0. The summed E-state index contributed by atoms with van der Waals surface area (Å²) in [5, 5.41) is 2.70. The van der Waals surface area contributed by atoms with Crippen LogP contribution in [0.4, 0.5) is 17.1 Å². The van der Waals surface area contributed by atoms with Gasteiger partial charge >= 0.3 is 5.97 Å². The Labute approximate surface area is 214 Å². The van der Waals surface area contributed by atoms with Crippen molar-refractivity contribution in [2.45, 2.75) is 33.1 Å². The van der Waals surface area contributed by atoms with Gasteiger partial charge in [-0.05, 0) is 79.4 Å². The van der Waals surface area contributed by atoms with E-state index in [9.17, 15) is 14.4 Å². The number of unbranched alkanes of at least 4 members (excludes halogenated alkanes) is 1. The highest BCUT2D eigenvalue weighted by molar-refractivity contribution is 6.53. The first-order chi connectivity index (χ1) is 17.3. The molecule has 7 nitrogen and oxygen atoms in total. The van der Waals surface area contributed by atoms with Crippen LogP contribution >= 0.6 is 11.6 Å². The zero-order valence-electron chi connectivity index (χ0n) is 20.0. The van der Waals surface area contributed by atoms with Crippen LogP contribution in [-0.2, 0) is 16.0 Å². The summed E-state index contributed by atoms with van der Waals surface area (Å²) < 4.78 is 5.38. The molecule has 0 fully saturated rings. The molecule has 0 aliphatic carbocycles. The summed E-state index contributed by atoms with van der Waals surface area (Å²) in [5.41, 5.74) is 9.57. The molecule has 4 rings (SSSR count). The predicted molar refractivity (Wildman–Crippen MR) is 141 cm³/mol. The summed E-state index contributed by atoms with van der Waals surface area (Å²) in [4.78, 5) is 39.3. The minimum absolute atomic E-state index is 0.0283. The summed E-state index contributed by atoms with van der Waals surface area (Å²) in [6, 6.07) is 18.7. The number of nitrogen functional groups attached to an aromatic ring is 1. The Hall–Kier alpha value is -4.10. The number of nitrogens with zero attached hydrogens (tertiary/aromatic N) is 1. The fraction of sp³-hybridized carbons (Fsp3) is 0.179. The van der Waals surface area contributed by atoms with Gasteiger partial charge in [0.2, 0.25) is 0 Å². The molecule has 8 heteroatoms. The molecule has 3 N–H and O–H groups in total. The highest BCUT2D eigenvalue weighted by Gasteiger charge is 2.38. The minimum Gasteiger partial charge on any atom is -0.421 e. The lowest BCUT2D eigenvalue weighted by Gasteiger charge is -2.15. The van der Waals surface area contributed by atoms with Gasteiger partial charge in [0.05, 0.1) is 16.9 Å². The molecule has 1 aliphatic heterocycles. The SMILES string of the molecule is CCCCc1ccc(N2C(=O)C(Cl)=C(Nc3ccc(C(=O)Oc4ccc(C)cc4N)cc3)C2=O)cc1. The summed E-state index contributed by atoms with van der Waals surface area (Å²) in [6.45, 7) is 4.01. The molecule has 3 aromatic carbocycles. The van der Waals surface area contributed by atoms with Crippen LogP contribution in [0.5, 0.6) is 5.75 Å². The van der Waals surface area contributed by atoms with Gasteiger partial charge in [-0.1, -0.05) is 43.1 Å². The average molecular weight is 504 g/mol. The van der Waals surface area contributed by atoms with Crippen molar-refractivity contribution < 1.29 is 19.1 Å². The number of nitrogens with two attached hydrogens (primary N) is 1. The quantitative estimate of drug-likeness (QED) is 0.180. The third kappa shape index (κ3) is 5.26. The third-order valence-corrected chi connectivity index (χ3v) is 6.15. The third-order valence-electron chi connectivity index (χ3n) is 5.80. The zero-order chi connectivity index (χ0) is 25.8.